The van der Waals surface area contributed by atoms with Gasteiger partial charge in [0, 0.05) is 6.04 Å². The molecule has 1 aromatic rings. The molecule has 0 spiro atoms. The molecule has 0 aromatic carbocycles. The van der Waals surface area contributed by atoms with Crippen LogP contribution in [0, 0.1) is 0 Å². The van der Waals surface area contributed by atoms with E-state index in [1.165, 1.54) is 12.8 Å². The van der Waals surface area contributed by atoms with Crippen LogP contribution >= 0.6 is 0 Å². The minimum Gasteiger partial charge on any atom is -0.476 e. The second-order valence-corrected chi connectivity index (χ2v) is 4.25. The van der Waals surface area contributed by atoms with Crippen LogP contribution in [-0.2, 0) is 0 Å². The second kappa shape index (κ2) is 5.18. The van der Waals surface area contributed by atoms with Crippen LogP contribution < -0.4 is 4.74 Å². The molecule has 1 N–H and O–H groups in total. The van der Waals surface area contributed by atoms with Crippen LogP contribution in [0.1, 0.15) is 29.8 Å². The molecule has 0 aliphatic carbocycles. The van der Waals surface area contributed by atoms with Crippen LogP contribution in [0.2, 0.25) is 0 Å². The van der Waals surface area contributed by atoms with Crippen LogP contribution in [0.3, 0.4) is 0 Å². The quantitative estimate of drug-likeness (QED) is 0.853. The lowest BCUT2D eigenvalue weighted by Gasteiger charge is -2.31. The largest absolute Gasteiger partial charge is 0.476 e. The zero-order valence-corrected chi connectivity index (χ0v) is 9.76. The standard InChI is InChI=1S/C11H16N2O4/c1-13-5-3-2-4-8(13)6-16-11-12-9(7-17-11)10(14)15/h7-8H,2-6H2,1H3,(H,14,15). The van der Waals surface area contributed by atoms with Gasteiger partial charge in [-0.1, -0.05) is 6.42 Å². The third-order valence-electron chi connectivity index (χ3n) is 3.02. The van der Waals surface area contributed by atoms with Crippen molar-refractivity contribution in [2.75, 3.05) is 20.2 Å². The Bertz CT molecular complexity index is 391. The highest BCUT2D eigenvalue weighted by Gasteiger charge is 2.20. The van der Waals surface area contributed by atoms with Gasteiger partial charge in [-0.25, -0.2) is 4.79 Å². The van der Waals surface area contributed by atoms with E-state index in [9.17, 15) is 4.79 Å². The Balaban J connectivity index is 1.86. The van der Waals surface area contributed by atoms with Crippen molar-refractivity contribution in [2.24, 2.45) is 0 Å². The first kappa shape index (κ1) is 11.9. The summed E-state index contributed by atoms with van der Waals surface area (Å²) in [7, 11) is 2.06. The average Bonchev–Trinajstić information content (AvgIpc) is 2.77. The van der Waals surface area contributed by atoms with Gasteiger partial charge in [0.2, 0.25) is 0 Å². The van der Waals surface area contributed by atoms with E-state index in [1.807, 2.05) is 0 Å². The van der Waals surface area contributed by atoms with Crippen LogP contribution in [0.15, 0.2) is 10.7 Å². The Kier molecular flexibility index (Phi) is 3.63. The highest BCUT2D eigenvalue weighted by Crippen LogP contribution is 2.17. The molecule has 1 aliphatic heterocycles. The highest BCUT2D eigenvalue weighted by atomic mass is 16.6. The summed E-state index contributed by atoms with van der Waals surface area (Å²) >= 11 is 0. The zero-order valence-electron chi connectivity index (χ0n) is 9.76. The summed E-state index contributed by atoms with van der Waals surface area (Å²) in [6, 6.07) is 0.351. The van der Waals surface area contributed by atoms with E-state index in [0.29, 0.717) is 12.6 Å². The molecule has 0 amide bonds. The first-order chi connectivity index (χ1) is 8.16. The molecule has 0 bridgehead atoms. The van der Waals surface area contributed by atoms with Gasteiger partial charge in [0.25, 0.3) is 0 Å². The van der Waals surface area contributed by atoms with Gasteiger partial charge in [-0.2, -0.15) is 4.98 Å². The zero-order chi connectivity index (χ0) is 12.3. The molecule has 17 heavy (non-hydrogen) atoms. The van der Waals surface area contributed by atoms with Crippen molar-refractivity contribution in [3.63, 3.8) is 0 Å². The summed E-state index contributed by atoms with van der Waals surface area (Å²) in [6.45, 7) is 1.55. The normalized spacial score (nSPS) is 21.4. The number of hydrogen-bond donors (Lipinski definition) is 1. The molecule has 6 nitrogen and oxygen atoms in total. The summed E-state index contributed by atoms with van der Waals surface area (Å²) in [5.74, 6) is -1.11. The first-order valence-electron chi connectivity index (χ1n) is 5.68. The number of aromatic nitrogens is 1. The number of rotatable bonds is 4. The van der Waals surface area contributed by atoms with Crippen LogP contribution in [0.25, 0.3) is 0 Å². The lowest BCUT2D eigenvalue weighted by atomic mass is 10.0. The van der Waals surface area contributed by atoms with Gasteiger partial charge in [0.1, 0.15) is 12.9 Å². The lowest BCUT2D eigenvalue weighted by molar-refractivity contribution is 0.0689. The monoisotopic (exact) mass is 240 g/mol. The van der Waals surface area contributed by atoms with Gasteiger partial charge in [-0.15, -0.1) is 0 Å². The molecule has 6 heteroatoms. The molecule has 1 aromatic heterocycles. The summed E-state index contributed by atoms with van der Waals surface area (Å²) in [5.41, 5.74) is -0.128. The molecule has 1 aliphatic rings. The molecular formula is C11H16N2O4. The number of likely N-dealkylation sites (tertiary alicyclic amines) is 1. The second-order valence-electron chi connectivity index (χ2n) is 4.25. The Morgan fingerprint density at radius 2 is 2.53 bits per heavy atom. The fraction of sp³-hybridized carbons (Fsp3) is 0.636. The summed E-state index contributed by atoms with van der Waals surface area (Å²) in [4.78, 5) is 16.5. The number of aromatic carboxylic acids is 1. The molecule has 94 valence electrons. The number of nitrogens with zero attached hydrogens (tertiary/aromatic N) is 2. The third-order valence-corrected chi connectivity index (χ3v) is 3.02. The number of oxazole rings is 1. The molecule has 2 heterocycles. The summed E-state index contributed by atoms with van der Waals surface area (Å²) in [6.07, 6.45) is 4.62. The maximum Gasteiger partial charge on any atom is 0.394 e. The van der Waals surface area contributed by atoms with Crippen LogP contribution in [0.4, 0.5) is 0 Å². The Morgan fingerprint density at radius 1 is 1.71 bits per heavy atom. The van der Waals surface area contributed by atoms with Gasteiger partial charge in [-0.05, 0) is 26.4 Å². The van der Waals surface area contributed by atoms with E-state index in [2.05, 4.69) is 16.9 Å². The fourth-order valence-electron chi connectivity index (χ4n) is 1.94. The van der Waals surface area contributed by atoms with Gasteiger partial charge < -0.3 is 19.2 Å². The van der Waals surface area contributed by atoms with E-state index in [1.54, 1.807) is 0 Å². The summed E-state index contributed by atoms with van der Waals surface area (Å²) in [5, 5.41) is 8.67. The maximum absolute atomic E-state index is 10.6. The fourth-order valence-corrected chi connectivity index (χ4v) is 1.94. The average molecular weight is 240 g/mol. The van der Waals surface area contributed by atoms with Crippen molar-refractivity contribution in [3.05, 3.63) is 12.0 Å². The van der Waals surface area contributed by atoms with E-state index in [-0.39, 0.29) is 11.8 Å². The van der Waals surface area contributed by atoms with E-state index >= 15 is 0 Å². The van der Waals surface area contributed by atoms with Crippen molar-refractivity contribution < 1.29 is 19.1 Å². The number of carboxylic acids is 1. The van der Waals surface area contributed by atoms with E-state index in [4.69, 9.17) is 14.3 Å². The predicted octanol–water partition coefficient (Wildman–Crippen LogP) is 1.24. The van der Waals surface area contributed by atoms with Crippen molar-refractivity contribution in [3.8, 4) is 6.08 Å². The van der Waals surface area contributed by atoms with Crippen molar-refractivity contribution in [1.82, 2.24) is 9.88 Å². The van der Waals surface area contributed by atoms with Crippen molar-refractivity contribution >= 4 is 5.97 Å². The van der Waals surface area contributed by atoms with Gasteiger partial charge in [0.15, 0.2) is 5.69 Å². The maximum atomic E-state index is 10.6. The molecule has 1 saturated heterocycles. The van der Waals surface area contributed by atoms with Crippen LogP contribution in [-0.4, -0.2) is 47.2 Å². The minimum absolute atomic E-state index is 0.0290. The smallest absolute Gasteiger partial charge is 0.394 e. The number of carbonyl (C=O) groups is 1. The highest BCUT2D eigenvalue weighted by molar-refractivity contribution is 5.84. The molecule has 0 radical (unpaired) electrons. The summed E-state index contributed by atoms with van der Waals surface area (Å²) < 4.78 is 10.3. The van der Waals surface area contributed by atoms with Crippen molar-refractivity contribution in [1.29, 1.82) is 0 Å². The van der Waals surface area contributed by atoms with Crippen LogP contribution in [0.5, 0.6) is 6.08 Å². The third kappa shape index (κ3) is 2.97. The molecule has 1 fully saturated rings. The van der Waals surface area contributed by atoms with Gasteiger partial charge in [0.05, 0.1) is 0 Å². The van der Waals surface area contributed by atoms with E-state index in [0.717, 1.165) is 19.2 Å². The number of carboxylic acid groups (broad SMARTS) is 1. The molecule has 0 saturated carbocycles. The first-order valence-corrected chi connectivity index (χ1v) is 5.68. The number of ether oxygens (including phenoxy) is 1. The Hall–Kier alpha value is -1.56. The molecule has 1 atom stereocenters. The number of piperidine rings is 1. The number of hydrogen-bond acceptors (Lipinski definition) is 5. The van der Waals surface area contributed by atoms with Gasteiger partial charge >= 0.3 is 12.0 Å². The van der Waals surface area contributed by atoms with E-state index < -0.39 is 5.97 Å². The minimum atomic E-state index is -1.11. The number of likely N-dealkylation sites (N-methyl/N-ethyl adjacent to an activating group) is 1. The lowest BCUT2D eigenvalue weighted by Crippen LogP contribution is -2.40. The SMILES string of the molecule is CN1CCCCC1COc1nc(C(=O)O)co1. The topological polar surface area (TPSA) is 75.8 Å². The molecule has 2 rings (SSSR count). The predicted molar refractivity (Wildman–Crippen MR) is 59.2 cm³/mol. The Labute approximate surface area is 99.2 Å². The molecule has 1 unspecified atom stereocenters. The van der Waals surface area contributed by atoms with Gasteiger partial charge in [-0.3, -0.25) is 0 Å². The Morgan fingerprint density at radius 3 is 3.18 bits per heavy atom. The molecular weight excluding hydrogens is 224 g/mol. The van der Waals surface area contributed by atoms with Crippen molar-refractivity contribution in [2.45, 2.75) is 25.3 Å².